The molecule has 2 aromatic heterocycles. The van der Waals surface area contributed by atoms with Crippen molar-refractivity contribution in [3.8, 4) is 11.3 Å². The van der Waals surface area contributed by atoms with Gasteiger partial charge in [-0.2, -0.15) is 0 Å². The quantitative estimate of drug-likeness (QED) is 0.483. The fourth-order valence-electron chi connectivity index (χ4n) is 2.94. The van der Waals surface area contributed by atoms with Crippen molar-refractivity contribution in [2.45, 2.75) is 6.54 Å². The van der Waals surface area contributed by atoms with E-state index in [0.717, 1.165) is 22.0 Å². The van der Waals surface area contributed by atoms with Crippen LogP contribution in [-0.4, -0.2) is 15.9 Å². The first kappa shape index (κ1) is 18.4. The molecule has 0 aliphatic heterocycles. The topological polar surface area (TPSA) is 54.9 Å². The van der Waals surface area contributed by atoms with E-state index in [4.69, 9.17) is 23.2 Å². The summed E-state index contributed by atoms with van der Waals surface area (Å²) in [5.41, 5.74) is 3.72. The molecule has 2 heterocycles. The number of hydrogen-bond donors (Lipinski definition) is 1. The number of carbonyl (C=O) groups excluding carboxylic acids is 1. The van der Waals surface area contributed by atoms with Crippen LogP contribution in [0.15, 0.2) is 73.1 Å². The van der Waals surface area contributed by atoms with E-state index < -0.39 is 0 Å². The molecule has 4 nitrogen and oxygen atoms in total. The Kier molecular flexibility index (Phi) is 5.24. The van der Waals surface area contributed by atoms with Crippen LogP contribution in [0.5, 0.6) is 0 Å². The lowest BCUT2D eigenvalue weighted by atomic mass is 10.0. The molecule has 0 aliphatic rings. The van der Waals surface area contributed by atoms with Crippen LogP contribution < -0.4 is 5.32 Å². The second-order valence-corrected chi connectivity index (χ2v) is 7.05. The number of hydrogen-bond acceptors (Lipinski definition) is 3. The second kappa shape index (κ2) is 7.97. The molecule has 2 aromatic carbocycles. The van der Waals surface area contributed by atoms with E-state index >= 15 is 0 Å². The molecule has 0 saturated carbocycles. The fourth-order valence-corrected chi connectivity index (χ4v) is 3.24. The number of amides is 1. The van der Waals surface area contributed by atoms with E-state index in [0.29, 0.717) is 27.8 Å². The summed E-state index contributed by atoms with van der Waals surface area (Å²) in [6.45, 7) is 0.417. The summed E-state index contributed by atoms with van der Waals surface area (Å²) in [7, 11) is 0. The second-order valence-electron chi connectivity index (χ2n) is 6.24. The summed E-state index contributed by atoms with van der Waals surface area (Å²) in [4.78, 5) is 21.6. The molecule has 6 heteroatoms. The first-order valence-corrected chi connectivity index (χ1v) is 9.40. The maximum absolute atomic E-state index is 12.9. The highest BCUT2D eigenvalue weighted by Gasteiger charge is 2.14. The third-order valence-corrected chi connectivity index (χ3v) is 5.12. The average Bonchev–Trinajstić information content (AvgIpc) is 2.74. The van der Waals surface area contributed by atoms with Crippen LogP contribution in [0.1, 0.15) is 15.9 Å². The predicted octanol–water partition coefficient (Wildman–Crippen LogP) is 5.53. The number of rotatable bonds is 4. The van der Waals surface area contributed by atoms with Crippen molar-refractivity contribution in [2.24, 2.45) is 0 Å². The highest BCUT2D eigenvalue weighted by Crippen LogP contribution is 2.30. The standard InChI is InChI=1S/C22H15Cl2N3O/c23-18-6-5-15(11-19(18)24)21-12-17(16-3-1-2-4-20(16)27-21)22(28)26-13-14-7-9-25-10-8-14/h1-12H,13H2,(H,26,28). The molecule has 0 aliphatic carbocycles. The molecule has 1 amide bonds. The largest absolute Gasteiger partial charge is 0.348 e. The Labute approximate surface area is 172 Å². The van der Waals surface area contributed by atoms with Gasteiger partial charge in [0.1, 0.15) is 0 Å². The zero-order valence-corrected chi connectivity index (χ0v) is 16.2. The van der Waals surface area contributed by atoms with E-state index in [9.17, 15) is 4.79 Å². The smallest absolute Gasteiger partial charge is 0.252 e. The number of carbonyl (C=O) groups is 1. The number of pyridine rings is 2. The Hall–Kier alpha value is -2.95. The molecule has 0 radical (unpaired) electrons. The van der Waals surface area contributed by atoms with Crippen LogP contribution >= 0.6 is 23.2 Å². The minimum absolute atomic E-state index is 0.170. The van der Waals surface area contributed by atoms with Crippen molar-refractivity contribution >= 4 is 40.0 Å². The molecule has 28 heavy (non-hydrogen) atoms. The monoisotopic (exact) mass is 407 g/mol. The lowest BCUT2D eigenvalue weighted by Crippen LogP contribution is -2.23. The molecule has 0 bridgehead atoms. The summed E-state index contributed by atoms with van der Waals surface area (Å²) in [6.07, 6.45) is 3.40. The van der Waals surface area contributed by atoms with Crippen LogP contribution in [0.3, 0.4) is 0 Å². The van der Waals surface area contributed by atoms with Crippen molar-refractivity contribution in [2.75, 3.05) is 0 Å². The van der Waals surface area contributed by atoms with E-state index in [-0.39, 0.29) is 5.91 Å². The van der Waals surface area contributed by atoms with Crippen LogP contribution in [-0.2, 0) is 6.54 Å². The molecule has 0 spiro atoms. The van der Waals surface area contributed by atoms with Gasteiger partial charge in [0.15, 0.2) is 0 Å². The van der Waals surface area contributed by atoms with Gasteiger partial charge in [-0.25, -0.2) is 4.98 Å². The minimum Gasteiger partial charge on any atom is -0.348 e. The highest BCUT2D eigenvalue weighted by molar-refractivity contribution is 6.42. The predicted molar refractivity (Wildman–Crippen MR) is 113 cm³/mol. The van der Waals surface area contributed by atoms with Crippen LogP contribution in [0.4, 0.5) is 0 Å². The molecule has 0 saturated heterocycles. The van der Waals surface area contributed by atoms with Crippen molar-refractivity contribution in [1.82, 2.24) is 15.3 Å². The van der Waals surface area contributed by atoms with E-state index in [1.54, 1.807) is 30.6 Å². The first-order chi connectivity index (χ1) is 13.6. The number of fused-ring (bicyclic) bond motifs is 1. The van der Waals surface area contributed by atoms with Crippen LogP contribution in [0.2, 0.25) is 10.0 Å². The number of aromatic nitrogens is 2. The van der Waals surface area contributed by atoms with E-state index in [1.807, 2.05) is 42.5 Å². The van der Waals surface area contributed by atoms with Crippen molar-refractivity contribution in [1.29, 1.82) is 0 Å². The summed E-state index contributed by atoms with van der Waals surface area (Å²) in [5, 5.41) is 4.67. The third-order valence-electron chi connectivity index (χ3n) is 4.38. The summed E-state index contributed by atoms with van der Waals surface area (Å²) < 4.78 is 0. The molecule has 0 unspecified atom stereocenters. The molecule has 1 N–H and O–H groups in total. The van der Waals surface area contributed by atoms with Gasteiger partial charge in [0, 0.05) is 29.9 Å². The number of halogens is 2. The Balaban J connectivity index is 1.73. The molecule has 138 valence electrons. The molecular formula is C22H15Cl2N3O. The molecule has 4 rings (SSSR count). The van der Waals surface area contributed by atoms with Gasteiger partial charge in [-0.05, 0) is 42.0 Å². The van der Waals surface area contributed by atoms with Crippen LogP contribution in [0.25, 0.3) is 22.2 Å². The Morgan fingerprint density at radius 3 is 2.50 bits per heavy atom. The lowest BCUT2D eigenvalue weighted by Gasteiger charge is -2.11. The van der Waals surface area contributed by atoms with Gasteiger partial charge in [-0.15, -0.1) is 0 Å². The Morgan fingerprint density at radius 2 is 1.71 bits per heavy atom. The fraction of sp³-hybridized carbons (Fsp3) is 0.0455. The van der Waals surface area contributed by atoms with Gasteiger partial charge in [-0.3, -0.25) is 9.78 Å². The van der Waals surface area contributed by atoms with Crippen molar-refractivity contribution in [3.05, 3.63) is 94.2 Å². The van der Waals surface area contributed by atoms with Crippen molar-refractivity contribution in [3.63, 3.8) is 0 Å². The Bertz CT molecular complexity index is 1160. The first-order valence-electron chi connectivity index (χ1n) is 8.64. The number of nitrogens with one attached hydrogen (secondary N) is 1. The zero-order chi connectivity index (χ0) is 19.5. The molecule has 0 fully saturated rings. The summed E-state index contributed by atoms with van der Waals surface area (Å²) in [5.74, 6) is -0.170. The number of benzene rings is 2. The van der Waals surface area contributed by atoms with Crippen molar-refractivity contribution < 1.29 is 4.79 Å². The number of nitrogens with zero attached hydrogens (tertiary/aromatic N) is 2. The Morgan fingerprint density at radius 1 is 0.929 bits per heavy atom. The third kappa shape index (κ3) is 3.84. The molecular weight excluding hydrogens is 393 g/mol. The van der Waals surface area contributed by atoms with E-state index in [1.165, 1.54) is 0 Å². The van der Waals surface area contributed by atoms with E-state index in [2.05, 4.69) is 15.3 Å². The molecule has 4 aromatic rings. The minimum atomic E-state index is -0.170. The highest BCUT2D eigenvalue weighted by atomic mass is 35.5. The number of para-hydroxylation sites is 1. The van der Waals surface area contributed by atoms with Gasteiger partial charge in [0.05, 0.1) is 26.8 Å². The normalized spacial score (nSPS) is 10.8. The zero-order valence-electron chi connectivity index (χ0n) is 14.7. The van der Waals surface area contributed by atoms with Gasteiger partial charge in [0.2, 0.25) is 0 Å². The SMILES string of the molecule is O=C(NCc1ccncc1)c1cc(-c2ccc(Cl)c(Cl)c2)nc2ccccc12. The van der Waals surface area contributed by atoms with Crippen LogP contribution in [0, 0.1) is 0 Å². The van der Waals surface area contributed by atoms with Gasteiger partial charge in [-0.1, -0.05) is 47.5 Å². The summed E-state index contributed by atoms with van der Waals surface area (Å²) in [6, 6.07) is 18.4. The van der Waals surface area contributed by atoms with Gasteiger partial charge in [0.25, 0.3) is 5.91 Å². The van der Waals surface area contributed by atoms with Gasteiger partial charge < -0.3 is 5.32 Å². The lowest BCUT2D eigenvalue weighted by molar-refractivity contribution is 0.0952. The maximum atomic E-state index is 12.9. The van der Waals surface area contributed by atoms with Gasteiger partial charge >= 0.3 is 0 Å². The maximum Gasteiger partial charge on any atom is 0.252 e. The average molecular weight is 408 g/mol. The molecule has 0 atom stereocenters. The summed E-state index contributed by atoms with van der Waals surface area (Å²) >= 11 is 12.2.